The van der Waals surface area contributed by atoms with Gasteiger partial charge in [0.05, 0.1) is 12.0 Å². The molecule has 0 saturated heterocycles. The number of hydrogen-bond donors (Lipinski definition) is 4. The molecule has 1 rings (SSSR count). The lowest BCUT2D eigenvalue weighted by molar-refractivity contribution is -0.138. The van der Waals surface area contributed by atoms with E-state index in [0.717, 1.165) is 32.1 Å². The van der Waals surface area contributed by atoms with Crippen molar-refractivity contribution in [2.45, 2.75) is 44.1 Å². The summed E-state index contributed by atoms with van der Waals surface area (Å²) in [6, 6.07) is -0.290. The van der Waals surface area contributed by atoms with Crippen molar-refractivity contribution in [3.8, 4) is 0 Å². The number of carboxylic acids is 1. The molecule has 0 bridgehead atoms. The summed E-state index contributed by atoms with van der Waals surface area (Å²) < 4.78 is 0. The third-order valence-electron chi connectivity index (χ3n) is 3.10. The average molecular weight is 243 g/mol. The SMILES string of the molecule is NCCCNC(=O)NC1(CC(=O)O)CCCC1. The molecule has 0 aliphatic heterocycles. The van der Waals surface area contributed by atoms with Gasteiger partial charge in [-0.25, -0.2) is 4.79 Å². The van der Waals surface area contributed by atoms with Crippen LogP contribution in [0.25, 0.3) is 0 Å². The van der Waals surface area contributed by atoms with E-state index in [1.807, 2.05) is 0 Å². The Morgan fingerprint density at radius 2 is 1.94 bits per heavy atom. The highest BCUT2D eigenvalue weighted by molar-refractivity contribution is 5.76. The molecule has 6 heteroatoms. The van der Waals surface area contributed by atoms with Gasteiger partial charge >= 0.3 is 12.0 Å². The van der Waals surface area contributed by atoms with Gasteiger partial charge in [-0.3, -0.25) is 4.79 Å². The standard InChI is InChI=1S/C11H21N3O3/c12-6-3-7-13-10(17)14-11(8-9(15)16)4-1-2-5-11/h1-8,12H2,(H,15,16)(H2,13,14,17). The molecule has 0 aromatic heterocycles. The summed E-state index contributed by atoms with van der Waals surface area (Å²) in [5, 5.41) is 14.4. The number of hydrogen-bond acceptors (Lipinski definition) is 3. The molecule has 0 radical (unpaired) electrons. The van der Waals surface area contributed by atoms with Crippen molar-refractivity contribution in [2.24, 2.45) is 5.73 Å². The van der Waals surface area contributed by atoms with E-state index in [4.69, 9.17) is 10.8 Å². The lowest BCUT2D eigenvalue weighted by Gasteiger charge is -2.28. The predicted octanol–water partition coefficient (Wildman–Crippen LogP) is 0.422. The molecule has 0 atom stereocenters. The van der Waals surface area contributed by atoms with Gasteiger partial charge in [0, 0.05) is 6.54 Å². The number of rotatable bonds is 6. The molecule has 98 valence electrons. The van der Waals surface area contributed by atoms with Crippen molar-refractivity contribution in [3.05, 3.63) is 0 Å². The lowest BCUT2D eigenvalue weighted by Crippen LogP contribution is -2.51. The topological polar surface area (TPSA) is 104 Å². The van der Waals surface area contributed by atoms with Crippen LogP contribution in [-0.2, 0) is 4.79 Å². The minimum atomic E-state index is -0.867. The number of nitrogens with two attached hydrogens (primary N) is 1. The highest BCUT2D eigenvalue weighted by atomic mass is 16.4. The number of carbonyl (C=O) groups excluding carboxylic acids is 1. The predicted molar refractivity (Wildman–Crippen MR) is 63.7 cm³/mol. The van der Waals surface area contributed by atoms with Gasteiger partial charge in [0.25, 0.3) is 0 Å². The summed E-state index contributed by atoms with van der Waals surface area (Å²) in [6.45, 7) is 1.05. The van der Waals surface area contributed by atoms with Crippen molar-refractivity contribution in [2.75, 3.05) is 13.1 Å². The van der Waals surface area contributed by atoms with E-state index in [2.05, 4.69) is 10.6 Å². The summed E-state index contributed by atoms with van der Waals surface area (Å²) in [4.78, 5) is 22.4. The second-order valence-electron chi connectivity index (χ2n) is 4.58. The van der Waals surface area contributed by atoms with Crippen molar-refractivity contribution >= 4 is 12.0 Å². The first-order chi connectivity index (χ1) is 8.08. The molecule has 17 heavy (non-hydrogen) atoms. The first-order valence-electron chi connectivity index (χ1n) is 6.06. The molecule has 0 unspecified atom stereocenters. The summed E-state index contributed by atoms with van der Waals surface area (Å²) in [6.07, 6.45) is 4.14. The first-order valence-corrected chi connectivity index (χ1v) is 6.06. The molecule has 0 heterocycles. The van der Waals surface area contributed by atoms with Crippen molar-refractivity contribution < 1.29 is 14.7 Å². The van der Waals surface area contributed by atoms with E-state index in [0.29, 0.717) is 13.1 Å². The Kier molecular flexibility index (Phi) is 5.21. The molecular weight excluding hydrogens is 222 g/mol. The van der Waals surface area contributed by atoms with Gasteiger partial charge in [-0.2, -0.15) is 0 Å². The molecule has 1 aliphatic rings. The van der Waals surface area contributed by atoms with Gasteiger partial charge in [-0.05, 0) is 25.8 Å². The number of urea groups is 1. The summed E-state index contributed by atoms with van der Waals surface area (Å²) in [7, 11) is 0. The molecule has 5 N–H and O–H groups in total. The number of carboxylic acid groups (broad SMARTS) is 1. The Labute approximate surface area is 101 Å². The van der Waals surface area contributed by atoms with Gasteiger partial charge in [0.1, 0.15) is 0 Å². The maximum atomic E-state index is 11.6. The fraction of sp³-hybridized carbons (Fsp3) is 0.818. The van der Waals surface area contributed by atoms with E-state index < -0.39 is 11.5 Å². The van der Waals surface area contributed by atoms with E-state index in [-0.39, 0.29) is 12.5 Å². The van der Waals surface area contributed by atoms with Gasteiger partial charge in [-0.15, -0.1) is 0 Å². The summed E-state index contributed by atoms with van der Waals surface area (Å²) >= 11 is 0. The average Bonchev–Trinajstić information content (AvgIpc) is 2.65. The van der Waals surface area contributed by atoms with Crippen LogP contribution < -0.4 is 16.4 Å². The fourth-order valence-electron chi connectivity index (χ4n) is 2.28. The van der Waals surface area contributed by atoms with Crippen molar-refractivity contribution in [3.63, 3.8) is 0 Å². The Morgan fingerprint density at radius 3 is 2.47 bits per heavy atom. The monoisotopic (exact) mass is 243 g/mol. The molecule has 0 aromatic carbocycles. The van der Waals surface area contributed by atoms with Gasteiger partial charge < -0.3 is 21.5 Å². The first kappa shape index (κ1) is 13.8. The van der Waals surface area contributed by atoms with Crippen LogP contribution in [0.3, 0.4) is 0 Å². The number of amides is 2. The number of nitrogens with one attached hydrogen (secondary N) is 2. The maximum absolute atomic E-state index is 11.6. The Hall–Kier alpha value is -1.30. The number of carbonyl (C=O) groups is 2. The summed E-state index contributed by atoms with van der Waals surface area (Å²) in [5.74, 6) is -0.867. The van der Waals surface area contributed by atoms with Crippen LogP contribution in [0.5, 0.6) is 0 Å². The minimum absolute atomic E-state index is 0.00267. The second kappa shape index (κ2) is 6.44. The zero-order valence-corrected chi connectivity index (χ0v) is 10.00. The largest absolute Gasteiger partial charge is 0.481 e. The van der Waals surface area contributed by atoms with Gasteiger partial charge in [0.15, 0.2) is 0 Å². The third kappa shape index (κ3) is 4.60. The van der Waals surface area contributed by atoms with Crippen LogP contribution >= 0.6 is 0 Å². The Bertz CT molecular complexity index is 275. The highest BCUT2D eigenvalue weighted by Crippen LogP contribution is 2.32. The molecule has 2 amide bonds. The van der Waals surface area contributed by atoms with Crippen molar-refractivity contribution in [1.29, 1.82) is 0 Å². The van der Waals surface area contributed by atoms with Crippen molar-refractivity contribution in [1.82, 2.24) is 10.6 Å². The zero-order chi connectivity index (χ0) is 12.7. The molecule has 1 saturated carbocycles. The molecule has 1 fully saturated rings. The van der Waals surface area contributed by atoms with Crippen LogP contribution in [0.2, 0.25) is 0 Å². The van der Waals surface area contributed by atoms with Crippen LogP contribution in [0.4, 0.5) is 4.79 Å². The Balaban J connectivity index is 2.43. The van der Waals surface area contributed by atoms with Crippen LogP contribution in [0.15, 0.2) is 0 Å². The van der Waals surface area contributed by atoms with Crippen LogP contribution in [0, 0.1) is 0 Å². The van der Waals surface area contributed by atoms with Gasteiger partial charge in [0.2, 0.25) is 0 Å². The fourth-order valence-corrected chi connectivity index (χ4v) is 2.28. The Morgan fingerprint density at radius 1 is 1.29 bits per heavy atom. The lowest BCUT2D eigenvalue weighted by atomic mass is 9.93. The smallest absolute Gasteiger partial charge is 0.315 e. The minimum Gasteiger partial charge on any atom is -0.481 e. The van der Waals surface area contributed by atoms with E-state index in [1.165, 1.54) is 0 Å². The molecule has 0 aromatic rings. The van der Waals surface area contributed by atoms with Crippen LogP contribution in [-0.4, -0.2) is 35.7 Å². The van der Waals surface area contributed by atoms with E-state index >= 15 is 0 Å². The van der Waals surface area contributed by atoms with Crippen LogP contribution in [0.1, 0.15) is 38.5 Å². The molecular formula is C11H21N3O3. The second-order valence-corrected chi connectivity index (χ2v) is 4.58. The summed E-state index contributed by atoms with van der Waals surface area (Å²) in [5.41, 5.74) is 4.76. The third-order valence-corrected chi connectivity index (χ3v) is 3.10. The quantitative estimate of drug-likeness (QED) is 0.507. The molecule has 1 aliphatic carbocycles. The zero-order valence-electron chi connectivity index (χ0n) is 10.00. The number of aliphatic carboxylic acids is 1. The van der Waals surface area contributed by atoms with Gasteiger partial charge in [-0.1, -0.05) is 12.8 Å². The molecule has 6 nitrogen and oxygen atoms in total. The highest BCUT2D eigenvalue weighted by Gasteiger charge is 2.37. The van der Waals surface area contributed by atoms with E-state index in [1.54, 1.807) is 0 Å². The molecule has 0 spiro atoms. The maximum Gasteiger partial charge on any atom is 0.315 e. The normalized spacial score (nSPS) is 17.7. The van der Waals surface area contributed by atoms with E-state index in [9.17, 15) is 9.59 Å².